The average Bonchev–Trinajstić information content (AvgIpc) is 2.99. The quantitative estimate of drug-likeness (QED) is 0.367. The number of hydrogen-bond donors (Lipinski definition) is 1. The third-order valence-corrected chi connectivity index (χ3v) is 6.80. The zero-order valence-electron chi connectivity index (χ0n) is 16.4. The molecule has 0 amide bonds. The molecule has 0 aromatic rings. The molecule has 0 saturated heterocycles. The highest BCUT2D eigenvalue weighted by Gasteiger charge is 2.62. The zero-order chi connectivity index (χ0) is 18.8. The highest BCUT2D eigenvalue weighted by Crippen LogP contribution is 2.60. The summed E-state index contributed by atoms with van der Waals surface area (Å²) in [6.45, 7) is 10.4. The molecule has 0 radical (unpaired) electrons. The van der Waals surface area contributed by atoms with Crippen LogP contribution in [-0.4, -0.2) is 22.6 Å². The van der Waals surface area contributed by atoms with Crippen molar-refractivity contribution in [2.75, 3.05) is 0 Å². The molecule has 1 saturated carbocycles. The molecule has 2 bridgehead atoms. The third kappa shape index (κ3) is 3.50. The van der Waals surface area contributed by atoms with Crippen LogP contribution >= 0.6 is 0 Å². The molecule has 2 aliphatic rings. The number of carboxylic acid groups (broad SMARTS) is 1. The number of carbonyl (C=O) groups excluding carboxylic acids is 1. The Bertz CT molecular complexity index is 530. The monoisotopic (exact) mass is 350 g/mol. The Morgan fingerprint density at radius 3 is 2.08 bits per heavy atom. The lowest BCUT2D eigenvalue weighted by molar-refractivity contribution is -0.173. The number of ether oxygens (including phenoxy) is 1. The molecule has 4 atom stereocenters. The van der Waals surface area contributed by atoms with Crippen LogP contribution in [0, 0.1) is 29.1 Å². The minimum Gasteiger partial charge on any atom is -0.481 e. The Kier molecular flexibility index (Phi) is 6.01. The van der Waals surface area contributed by atoms with Crippen molar-refractivity contribution in [3.63, 3.8) is 0 Å². The molecule has 142 valence electrons. The maximum absolute atomic E-state index is 13.1. The van der Waals surface area contributed by atoms with E-state index in [9.17, 15) is 14.7 Å². The Morgan fingerprint density at radius 1 is 1.04 bits per heavy atom. The van der Waals surface area contributed by atoms with Crippen molar-refractivity contribution >= 4 is 11.9 Å². The molecule has 0 aromatic heterocycles. The molecular weight excluding hydrogens is 316 g/mol. The highest BCUT2D eigenvalue weighted by atomic mass is 16.6. The largest absolute Gasteiger partial charge is 0.481 e. The molecule has 1 N–H and O–H groups in total. The van der Waals surface area contributed by atoms with E-state index >= 15 is 0 Å². The molecule has 4 heteroatoms. The van der Waals surface area contributed by atoms with E-state index in [-0.39, 0.29) is 23.2 Å². The number of rotatable bonds is 9. The first-order chi connectivity index (χ1) is 11.7. The van der Waals surface area contributed by atoms with Gasteiger partial charge in [0.05, 0.1) is 11.8 Å². The standard InChI is InChI=1S/C21H34O4/c1-6-9-10-13-21(7-2,8-3)25-19(24)17-15-12-11-14(20(15,4)5)16(17)18(22)23/h11-12,14-17H,6-10,13H2,1-5H3,(H,22,23). The van der Waals surface area contributed by atoms with Crippen LogP contribution in [0.15, 0.2) is 12.2 Å². The van der Waals surface area contributed by atoms with Gasteiger partial charge < -0.3 is 9.84 Å². The van der Waals surface area contributed by atoms with E-state index in [4.69, 9.17) is 4.74 Å². The van der Waals surface area contributed by atoms with Crippen LogP contribution in [0.4, 0.5) is 0 Å². The highest BCUT2D eigenvalue weighted by molar-refractivity contribution is 5.84. The zero-order valence-corrected chi connectivity index (χ0v) is 16.4. The van der Waals surface area contributed by atoms with Crippen molar-refractivity contribution in [2.45, 2.75) is 78.7 Å². The Labute approximate surface area is 152 Å². The lowest BCUT2D eigenvalue weighted by Crippen LogP contribution is -2.41. The Balaban J connectivity index is 2.20. The molecule has 25 heavy (non-hydrogen) atoms. The van der Waals surface area contributed by atoms with Gasteiger partial charge in [0.2, 0.25) is 0 Å². The summed E-state index contributed by atoms with van der Waals surface area (Å²) in [5, 5.41) is 9.73. The summed E-state index contributed by atoms with van der Waals surface area (Å²) in [4.78, 5) is 25.0. The lowest BCUT2D eigenvalue weighted by atomic mass is 9.79. The fourth-order valence-corrected chi connectivity index (χ4v) is 4.95. The third-order valence-electron chi connectivity index (χ3n) is 6.80. The first-order valence-electron chi connectivity index (χ1n) is 9.88. The van der Waals surface area contributed by atoms with Gasteiger partial charge in [-0.05, 0) is 42.9 Å². The number of unbranched alkanes of at least 4 members (excludes halogenated alkanes) is 2. The van der Waals surface area contributed by atoms with Crippen LogP contribution in [0.25, 0.3) is 0 Å². The average molecular weight is 350 g/mol. The Morgan fingerprint density at radius 2 is 1.60 bits per heavy atom. The molecule has 0 aromatic carbocycles. The second-order valence-corrected chi connectivity index (χ2v) is 8.42. The van der Waals surface area contributed by atoms with Crippen molar-refractivity contribution in [3.05, 3.63) is 12.2 Å². The summed E-state index contributed by atoms with van der Waals surface area (Å²) in [5.74, 6) is -2.56. The molecule has 4 nitrogen and oxygen atoms in total. The number of carboxylic acids is 1. The van der Waals surface area contributed by atoms with Gasteiger partial charge in [0.25, 0.3) is 0 Å². The molecule has 0 heterocycles. The van der Waals surface area contributed by atoms with Crippen LogP contribution in [0.5, 0.6) is 0 Å². The van der Waals surface area contributed by atoms with Crippen LogP contribution in [0.3, 0.4) is 0 Å². The van der Waals surface area contributed by atoms with E-state index in [2.05, 4.69) is 34.6 Å². The molecule has 1 fully saturated rings. The second kappa shape index (κ2) is 7.51. The van der Waals surface area contributed by atoms with Crippen molar-refractivity contribution in [3.8, 4) is 0 Å². The second-order valence-electron chi connectivity index (χ2n) is 8.42. The summed E-state index contributed by atoms with van der Waals surface area (Å²) in [5.41, 5.74) is -0.652. The normalized spacial score (nSPS) is 29.8. The number of esters is 1. The Hall–Kier alpha value is -1.32. The van der Waals surface area contributed by atoms with E-state index in [1.807, 2.05) is 12.2 Å². The van der Waals surface area contributed by atoms with E-state index in [0.717, 1.165) is 38.5 Å². The predicted molar refractivity (Wildman–Crippen MR) is 98.1 cm³/mol. The SMILES string of the molecule is CCCCCC(CC)(CC)OC(=O)C1C(C(=O)O)C2C=CC1C2(C)C. The maximum Gasteiger partial charge on any atom is 0.311 e. The minimum atomic E-state index is -0.878. The number of allylic oxidation sites excluding steroid dienone is 2. The van der Waals surface area contributed by atoms with Gasteiger partial charge in [-0.25, -0.2) is 0 Å². The van der Waals surface area contributed by atoms with Gasteiger partial charge in [-0.3, -0.25) is 9.59 Å². The van der Waals surface area contributed by atoms with Gasteiger partial charge in [0.1, 0.15) is 5.60 Å². The molecule has 4 unspecified atom stereocenters. The number of hydrogen-bond acceptors (Lipinski definition) is 3. The van der Waals surface area contributed by atoms with Gasteiger partial charge >= 0.3 is 11.9 Å². The predicted octanol–water partition coefficient (Wildman–Crippen LogP) is 4.83. The number of aliphatic carboxylic acids is 1. The molecule has 2 aliphatic carbocycles. The van der Waals surface area contributed by atoms with E-state index < -0.39 is 23.4 Å². The van der Waals surface area contributed by atoms with Crippen LogP contribution in [-0.2, 0) is 14.3 Å². The van der Waals surface area contributed by atoms with Gasteiger partial charge in [-0.2, -0.15) is 0 Å². The smallest absolute Gasteiger partial charge is 0.311 e. The number of fused-ring (bicyclic) bond motifs is 2. The number of carbonyl (C=O) groups is 2. The summed E-state index contributed by atoms with van der Waals surface area (Å²) in [6, 6.07) is 0. The van der Waals surface area contributed by atoms with Crippen molar-refractivity contribution in [2.24, 2.45) is 29.1 Å². The topological polar surface area (TPSA) is 63.6 Å². The fraction of sp³-hybridized carbons (Fsp3) is 0.810. The van der Waals surface area contributed by atoms with Gasteiger partial charge in [-0.15, -0.1) is 0 Å². The van der Waals surface area contributed by atoms with Gasteiger partial charge in [0.15, 0.2) is 0 Å². The van der Waals surface area contributed by atoms with Crippen LogP contribution in [0.2, 0.25) is 0 Å². The summed E-state index contributed by atoms with van der Waals surface area (Å²) in [6.07, 6.45) is 9.72. The maximum atomic E-state index is 13.1. The van der Waals surface area contributed by atoms with E-state index in [1.165, 1.54) is 0 Å². The van der Waals surface area contributed by atoms with Gasteiger partial charge in [-0.1, -0.05) is 59.6 Å². The summed E-state index contributed by atoms with van der Waals surface area (Å²) < 4.78 is 6.06. The fourth-order valence-electron chi connectivity index (χ4n) is 4.95. The molecular formula is C21H34O4. The van der Waals surface area contributed by atoms with Crippen LogP contribution < -0.4 is 0 Å². The van der Waals surface area contributed by atoms with Crippen LogP contribution in [0.1, 0.15) is 73.1 Å². The van der Waals surface area contributed by atoms with E-state index in [1.54, 1.807) is 0 Å². The van der Waals surface area contributed by atoms with Crippen molar-refractivity contribution in [1.82, 2.24) is 0 Å². The minimum absolute atomic E-state index is 0.0480. The van der Waals surface area contributed by atoms with E-state index in [0.29, 0.717) is 0 Å². The first-order valence-corrected chi connectivity index (χ1v) is 9.88. The van der Waals surface area contributed by atoms with Crippen molar-refractivity contribution < 1.29 is 19.4 Å². The van der Waals surface area contributed by atoms with Gasteiger partial charge in [0, 0.05) is 0 Å². The summed E-state index contributed by atoms with van der Waals surface area (Å²) in [7, 11) is 0. The molecule has 2 rings (SSSR count). The molecule has 0 aliphatic heterocycles. The lowest BCUT2D eigenvalue weighted by Gasteiger charge is -2.35. The molecule has 0 spiro atoms. The first kappa shape index (κ1) is 20.0. The summed E-state index contributed by atoms with van der Waals surface area (Å²) >= 11 is 0. The van der Waals surface area contributed by atoms with Crippen molar-refractivity contribution in [1.29, 1.82) is 0 Å².